The largest absolute Gasteiger partial charge is 0.478 e. The number of aromatic nitrogens is 1. The summed E-state index contributed by atoms with van der Waals surface area (Å²) < 4.78 is 7.34. The second kappa shape index (κ2) is 9.04. The highest BCUT2D eigenvalue weighted by molar-refractivity contribution is 9.10. The van der Waals surface area contributed by atoms with Gasteiger partial charge in [0.25, 0.3) is 0 Å². The van der Waals surface area contributed by atoms with E-state index in [2.05, 4.69) is 32.3 Å². The summed E-state index contributed by atoms with van der Waals surface area (Å²) in [6, 6.07) is 21.8. The van der Waals surface area contributed by atoms with Gasteiger partial charge in [-0.2, -0.15) is 0 Å². The van der Waals surface area contributed by atoms with E-state index in [9.17, 15) is 9.90 Å². The first-order valence-electron chi connectivity index (χ1n) is 10.6. The van der Waals surface area contributed by atoms with Gasteiger partial charge in [0.05, 0.1) is 17.3 Å². The Bertz CT molecular complexity index is 1390. The summed E-state index contributed by atoms with van der Waals surface area (Å²) in [6.45, 7) is 2.03. The summed E-state index contributed by atoms with van der Waals surface area (Å²) in [5.41, 5.74) is 3.77. The number of thiocarbonyl (C=S) groups is 1. The van der Waals surface area contributed by atoms with Crippen LogP contribution in [0.1, 0.15) is 39.5 Å². The standard InChI is InChI=1S/C26H20BrN3O3S/c1-15-13-18(8-9-19(15)27)30-24(23(29-26(30)34)20-7-2-3-12-28-20)22-11-10-21(33-22)16-5-4-6-17(14-16)25(31)32/h2-14,23-24H,1H3,(H,29,34)(H,31,32). The zero-order chi connectivity index (χ0) is 23.8. The minimum absolute atomic E-state index is 0.206. The van der Waals surface area contributed by atoms with Gasteiger partial charge in [-0.15, -0.1) is 0 Å². The van der Waals surface area contributed by atoms with Crippen LogP contribution in [0.25, 0.3) is 11.3 Å². The molecule has 3 heterocycles. The van der Waals surface area contributed by atoms with Gasteiger partial charge in [0.1, 0.15) is 17.6 Å². The number of halogens is 1. The number of rotatable bonds is 5. The average Bonchev–Trinajstić information content (AvgIpc) is 3.46. The van der Waals surface area contributed by atoms with Crippen molar-refractivity contribution < 1.29 is 14.3 Å². The molecule has 1 aliphatic heterocycles. The number of hydrogen-bond acceptors (Lipinski definition) is 4. The van der Waals surface area contributed by atoms with E-state index in [-0.39, 0.29) is 17.6 Å². The first-order valence-corrected chi connectivity index (χ1v) is 11.8. The average molecular weight is 534 g/mol. The monoisotopic (exact) mass is 533 g/mol. The molecule has 8 heteroatoms. The van der Waals surface area contributed by atoms with Crippen molar-refractivity contribution in [1.82, 2.24) is 10.3 Å². The summed E-state index contributed by atoms with van der Waals surface area (Å²) in [5, 5.41) is 13.4. The minimum Gasteiger partial charge on any atom is -0.478 e. The molecule has 0 bridgehead atoms. The highest BCUT2D eigenvalue weighted by Crippen LogP contribution is 2.43. The first kappa shape index (κ1) is 22.3. The Morgan fingerprint density at radius 1 is 1.12 bits per heavy atom. The van der Waals surface area contributed by atoms with Crippen LogP contribution < -0.4 is 10.2 Å². The van der Waals surface area contributed by atoms with Crippen LogP contribution >= 0.6 is 28.1 Å². The number of carboxylic acid groups (broad SMARTS) is 1. The fourth-order valence-electron chi connectivity index (χ4n) is 4.17. The van der Waals surface area contributed by atoms with E-state index in [0.717, 1.165) is 21.4 Å². The molecule has 2 aromatic heterocycles. The maximum atomic E-state index is 11.4. The molecule has 0 amide bonds. The molecule has 2 atom stereocenters. The number of benzene rings is 2. The van der Waals surface area contributed by atoms with Gasteiger partial charge in [0.15, 0.2) is 5.11 Å². The van der Waals surface area contributed by atoms with E-state index < -0.39 is 5.97 Å². The van der Waals surface area contributed by atoms with Crippen molar-refractivity contribution in [3.63, 3.8) is 0 Å². The third kappa shape index (κ3) is 4.10. The number of furan rings is 1. The second-order valence-corrected chi connectivity index (χ2v) is 9.26. The van der Waals surface area contributed by atoms with E-state index >= 15 is 0 Å². The number of aromatic carboxylic acids is 1. The summed E-state index contributed by atoms with van der Waals surface area (Å²) in [7, 11) is 0. The number of carboxylic acids is 1. The molecule has 170 valence electrons. The van der Waals surface area contributed by atoms with Crippen LogP contribution in [0.2, 0.25) is 0 Å². The van der Waals surface area contributed by atoms with Crippen LogP contribution in [0, 0.1) is 6.92 Å². The fourth-order valence-corrected chi connectivity index (χ4v) is 4.77. The number of nitrogens with zero attached hydrogens (tertiary/aromatic N) is 2. The van der Waals surface area contributed by atoms with Gasteiger partial charge < -0.3 is 19.7 Å². The molecule has 2 aromatic carbocycles. The van der Waals surface area contributed by atoms with E-state index in [0.29, 0.717) is 22.2 Å². The SMILES string of the molecule is Cc1cc(N2C(=S)NC(c3ccccn3)C2c2ccc(-c3cccc(C(=O)O)c3)o2)ccc1Br. The Morgan fingerprint density at radius 3 is 2.71 bits per heavy atom. The molecular formula is C26H20BrN3O3S. The molecule has 4 aromatic rings. The van der Waals surface area contributed by atoms with Gasteiger partial charge in [-0.05, 0) is 79.3 Å². The number of nitrogens with one attached hydrogen (secondary N) is 1. The Balaban J connectivity index is 1.60. The quantitative estimate of drug-likeness (QED) is 0.292. The second-order valence-electron chi connectivity index (χ2n) is 8.02. The molecule has 6 nitrogen and oxygen atoms in total. The Hall–Kier alpha value is -3.49. The number of pyridine rings is 1. The molecule has 1 fully saturated rings. The van der Waals surface area contributed by atoms with Crippen LogP contribution in [-0.4, -0.2) is 21.2 Å². The minimum atomic E-state index is -0.981. The van der Waals surface area contributed by atoms with Gasteiger partial charge in [0.2, 0.25) is 0 Å². The normalized spacial score (nSPS) is 17.6. The van der Waals surface area contributed by atoms with Gasteiger partial charge in [-0.1, -0.05) is 34.1 Å². The molecular weight excluding hydrogens is 514 g/mol. The highest BCUT2D eigenvalue weighted by Gasteiger charge is 2.42. The molecule has 2 unspecified atom stereocenters. The lowest BCUT2D eigenvalue weighted by atomic mass is 10.0. The predicted octanol–water partition coefficient (Wildman–Crippen LogP) is 6.29. The fraction of sp³-hybridized carbons (Fsp3) is 0.115. The van der Waals surface area contributed by atoms with Crippen LogP contribution in [-0.2, 0) is 0 Å². The lowest BCUT2D eigenvalue weighted by molar-refractivity contribution is 0.0697. The lowest BCUT2D eigenvalue weighted by Gasteiger charge is -2.26. The van der Waals surface area contributed by atoms with Crippen LogP contribution in [0.5, 0.6) is 0 Å². The van der Waals surface area contributed by atoms with Crippen molar-refractivity contribution in [2.75, 3.05) is 4.90 Å². The molecule has 1 saturated heterocycles. The lowest BCUT2D eigenvalue weighted by Crippen LogP contribution is -2.29. The van der Waals surface area contributed by atoms with Gasteiger partial charge in [0, 0.05) is 21.9 Å². The maximum absolute atomic E-state index is 11.4. The van der Waals surface area contributed by atoms with Crippen molar-refractivity contribution in [3.05, 3.63) is 106 Å². The third-order valence-corrected chi connectivity index (χ3v) is 7.03. The number of carbonyl (C=O) groups is 1. The smallest absolute Gasteiger partial charge is 0.335 e. The van der Waals surface area contributed by atoms with Crippen LogP contribution in [0.15, 0.2) is 87.9 Å². The first-order chi connectivity index (χ1) is 16.4. The molecule has 0 saturated carbocycles. The molecule has 5 rings (SSSR count). The molecule has 0 aliphatic carbocycles. The van der Waals surface area contributed by atoms with E-state index in [1.165, 1.54) is 0 Å². The topological polar surface area (TPSA) is 78.6 Å². The molecule has 34 heavy (non-hydrogen) atoms. The van der Waals surface area contributed by atoms with E-state index in [1.54, 1.807) is 24.4 Å². The van der Waals surface area contributed by atoms with Gasteiger partial charge in [-0.3, -0.25) is 4.98 Å². The Kier molecular flexibility index (Phi) is 5.93. The van der Waals surface area contributed by atoms with Crippen molar-refractivity contribution in [3.8, 4) is 11.3 Å². The molecule has 1 aliphatic rings. The Labute approximate surface area is 210 Å². The van der Waals surface area contributed by atoms with Crippen molar-refractivity contribution in [2.45, 2.75) is 19.0 Å². The molecule has 0 spiro atoms. The van der Waals surface area contributed by atoms with E-state index in [4.69, 9.17) is 16.6 Å². The molecule has 0 radical (unpaired) electrons. The third-order valence-electron chi connectivity index (χ3n) is 5.83. The number of hydrogen-bond donors (Lipinski definition) is 2. The summed E-state index contributed by atoms with van der Waals surface area (Å²) in [6.07, 6.45) is 1.76. The zero-order valence-electron chi connectivity index (χ0n) is 18.1. The summed E-state index contributed by atoms with van der Waals surface area (Å²) in [4.78, 5) is 18.0. The van der Waals surface area contributed by atoms with Gasteiger partial charge >= 0.3 is 5.97 Å². The number of aryl methyl sites for hydroxylation is 1. The Morgan fingerprint density at radius 2 is 1.97 bits per heavy atom. The molecule has 2 N–H and O–H groups in total. The van der Waals surface area contributed by atoms with Crippen molar-refractivity contribution >= 4 is 44.9 Å². The van der Waals surface area contributed by atoms with Crippen molar-refractivity contribution in [1.29, 1.82) is 0 Å². The summed E-state index contributed by atoms with van der Waals surface area (Å²) >= 11 is 9.34. The van der Waals surface area contributed by atoms with Crippen molar-refractivity contribution in [2.24, 2.45) is 0 Å². The maximum Gasteiger partial charge on any atom is 0.335 e. The van der Waals surface area contributed by atoms with E-state index in [1.807, 2.05) is 60.4 Å². The number of anilines is 1. The van der Waals surface area contributed by atoms with Crippen LogP contribution in [0.3, 0.4) is 0 Å². The van der Waals surface area contributed by atoms with Gasteiger partial charge in [-0.25, -0.2) is 4.79 Å². The highest BCUT2D eigenvalue weighted by atomic mass is 79.9. The zero-order valence-corrected chi connectivity index (χ0v) is 20.5. The summed E-state index contributed by atoms with van der Waals surface area (Å²) in [5.74, 6) is 0.299. The van der Waals surface area contributed by atoms with Crippen LogP contribution in [0.4, 0.5) is 5.69 Å². The predicted molar refractivity (Wildman–Crippen MR) is 138 cm³/mol.